The number of carbonyl (C=O) groups is 6. The van der Waals surface area contributed by atoms with Gasteiger partial charge in [-0.05, 0) is 34.6 Å². The van der Waals surface area contributed by atoms with Gasteiger partial charge in [0.2, 0.25) is 28.2 Å². The van der Waals surface area contributed by atoms with Gasteiger partial charge in [-0.1, -0.05) is 0 Å². The number of hydrogen-bond acceptors (Lipinski definition) is 17. The highest BCUT2D eigenvalue weighted by atomic mass is 16.8. The molecule has 8 N–H and O–H groups in total. The monoisotopic (exact) mass is 594 g/mol. The first-order valence-corrected chi connectivity index (χ1v) is 12.1. The molecule has 10 atom stereocenters. The second kappa shape index (κ2) is 10.7. The third-order valence-corrected chi connectivity index (χ3v) is 7.87. The van der Waals surface area contributed by atoms with Crippen LogP contribution in [0.3, 0.4) is 0 Å². The van der Waals surface area contributed by atoms with E-state index in [0.29, 0.717) is 41.5 Å². The first-order valence-electron chi connectivity index (χ1n) is 12.1. The number of ether oxygens (including phenoxy) is 3. The lowest BCUT2D eigenvalue weighted by molar-refractivity contribution is -0.462. The molecule has 0 radical (unpaired) electrons. The molecule has 0 spiro atoms. The van der Waals surface area contributed by atoms with Gasteiger partial charge in [0.1, 0.15) is 24.9 Å². The van der Waals surface area contributed by atoms with Gasteiger partial charge < -0.3 is 55.1 Å². The van der Waals surface area contributed by atoms with Crippen molar-refractivity contribution in [1.82, 2.24) is 0 Å². The molecule has 0 bridgehead atoms. The number of Topliss-reactive ketones (excluding diaryl/α,β-unsaturated/α-hetero) is 6. The highest BCUT2D eigenvalue weighted by molar-refractivity contribution is 6.13. The molecule has 232 valence electrons. The van der Waals surface area contributed by atoms with E-state index in [2.05, 4.69) is 0 Å². The van der Waals surface area contributed by atoms with Gasteiger partial charge in [0.25, 0.3) is 5.79 Å². The standard InChI is InChI=1S/C24H34O17/c1-9(27)17(34)20(10(2)28)21(36,11(3)29)22(37,12(4)30)23(38,13(5)31)24(41-20,14(6)32)40-19(8-26)18(35)16(33)15(7-25)39-19/h15-18,25-26,33-38H,7-8H2,1-6H3/t15-,16-,17?,18+,19?,20-,21-,22+,23-,24-/m1/s1. The van der Waals surface area contributed by atoms with Crippen LogP contribution in [0, 0.1) is 0 Å². The summed E-state index contributed by atoms with van der Waals surface area (Å²) in [5, 5.41) is 87.4. The van der Waals surface area contributed by atoms with Crippen LogP contribution >= 0.6 is 0 Å². The molecule has 2 heterocycles. The summed E-state index contributed by atoms with van der Waals surface area (Å²) in [6.07, 6.45) is -9.39. The number of rotatable bonds is 11. The molecule has 2 rings (SSSR count). The first kappa shape index (κ1) is 34.8. The predicted octanol–water partition coefficient (Wildman–Crippen LogP) is -5.64. The molecule has 2 aliphatic rings. The molecule has 2 unspecified atom stereocenters. The normalized spacial score (nSPS) is 43.3. The van der Waals surface area contributed by atoms with Gasteiger partial charge >= 0.3 is 0 Å². The Morgan fingerprint density at radius 3 is 1.51 bits per heavy atom. The third kappa shape index (κ3) is 3.96. The number of aliphatic hydroxyl groups is 8. The molecule has 0 amide bonds. The average molecular weight is 595 g/mol. The van der Waals surface area contributed by atoms with E-state index >= 15 is 0 Å². The molecular weight excluding hydrogens is 560 g/mol. The highest BCUT2D eigenvalue weighted by Crippen LogP contribution is 2.59. The Morgan fingerprint density at radius 2 is 1.22 bits per heavy atom. The lowest BCUT2D eigenvalue weighted by Gasteiger charge is -2.65. The summed E-state index contributed by atoms with van der Waals surface area (Å²) >= 11 is 0. The summed E-state index contributed by atoms with van der Waals surface area (Å²) in [4.78, 5) is 78.7. The van der Waals surface area contributed by atoms with E-state index in [-0.39, 0.29) is 0 Å². The Balaban J connectivity index is 3.30. The zero-order chi connectivity index (χ0) is 32.3. The Bertz CT molecular complexity index is 1150. The molecule has 0 aromatic carbocycles. The smallest absolute Gasteiger partial charge is 0.273 e. The minimum atomic E-state index is -4.38. The zero-order valence-electron chi connectivity index (χ0n) is 23.0. The van der Waals surface area contributed by atoms with Crippen molar-refractivity contribution in [3.8, 4) is 0 Å². The van der Waals surface area contributed by atoms with Crippen LogP contribution in [0.15, 0.2) is 0 Å². The maximum absolute atomic E-state index is 13.5. The van der Waals surface area contributed by atoms with E-state index in [1.807, 2.05) is 0 Å². The van der Waals surface area contributed by atoms with Crippen LogP contribution in [-0.4, -0.2) is 147 Å². The minimum Gasteiger partial charge on any atom is -0.394 e. The summed E-state index contributed by atoms with van der Waals surface area (Å²) in [5.74, 6) is -17.9. The number of carbonyl (C=O) groups excluding carboxylic acids is 6. The van der Waals surface area contributed by atoms with E-state index in [9.17, 15) is 69.6 Å². The summed E-state index contributed by atoms with van der Waals surface area (Å²) in [7, 11) is 0. The maximum Gasteiger partial charge on any atom is 0.273 e. The molecule has 0 saturated carbocycles. The molecule has 41 heavy (non-hydrogen) atoms. The maximum atomic E-state index is 13.5. The van der Waals surface area contributed by atoms with Crippen molar-refractivity contribution in [2.24, 2.45) is 0 Å². The fraction of sp³-hybridized carbons (Fsp3) is 0.750. The van der Waals surface area contributed by atoms with Crippen molar-refractivity contribution in [1.29, 1.82) is 0 Å². The number of aliphatic hydroxyl groups excluding tert-OH is 5. The van der Waals surface area contributed by atoms with Crippen LogP contribution in [0.1, 0.15) is 41.5 Å². The van der Waals surface area contributed by atoms with Gasteiger partial charge in [0.15, 0.2) is 40.8 Å². The van der Waals surface area contributed by atoms with Crippen molar-refractivity contribution >= 4 is 34.7 Å². The van der Waals surface area contributed by atoms with E-state index in [0.717, 1.165) is 0 Å². The van der Waals surface area contributed by atoms with Crippen molar-refractivity contribution in [3.05, 3.63) is 0 Å². The lowest BCUT2D eigenvalue weighted by Crippen LogP contribution is -2.96. The van der Waals surface area contributed by atoms with Crippen LogP contribution in [0.5, 0.6) is 0 Å². The fourth-order valence-corrected chi connectivity index (χ4v) is 5.70. The zero-order valence-corrected chi connectivity index (χ0v) is 23.0. The SMILES string of the molecule is CC(=O)C(O)[C@@]1(C(C)=O)O[C@](OC2(CO)O[C@H](CO)[C@@H](O)[C@@H]2O)(C(C)=O)[C@@](O)(C(C)=O)[C@](O)(C(C)=O)[C@@]1(O)C(C)=O. The Hall–Kier alpha value is -2.42. The van der Waals surface area contributed by atoms with Crippen LogP contribution in [0.25, 0.3) is 0 Å². The molecular formula is C24H34O17. The first-order chi connectivity index (χ1) is 18.5. The molecule has 17 nitrogen and oxygen atoms in total. The summed E-state index contributed by atoms with van der Waals surface area (Å²) < 4.78 is 16.1. The molecule has 0 aromatic heterocycles. The van der Waals surface area contributed by atoms with Gasteiger partial charge in [0, 0.05) is 6.92 Å². The minimum absolute atomic E-state index is 0.400. The molecule has 0 aliphatic carbocycles. The van der Waals surface area contributed by atoms with Crippen LogP contribution in [0.4, 0.5) is 0 Å². The fourth-order valence-electron chi connectivity index (χ4n) is 5.70. The van der Waals surface area contributed by atoms with E-state index < -0.39 is 106 Å². The molecule has 2 fully saturated rings. The molecule has 17 heteroatoms. The quantitative estimate of drug-likeness (QED) is 0.111. The van der Waals surface area contributed by atoms with Gasteiger partial charge in [-0.3, -0.25) is 28.8 Å². The Morgan fingerprint density at radius 1 is 0.756 bits per heavy atom. The van der Waals surface area contributed by atoms with Gasteiger partial charge in [-0.2, -0.15) is 0 Å². The number of hydrogen-bond donors (Lipinski definition) is 8. The van der Waals surface area contributed by atoms with E-state index in [4.69, 9.17) is 14.2 Å². The highest BCUT2D eigenvalue weighted by Gasteiger charge is 2.91. The van der Waals surface area contributed by atoms with Crippen LogP contribution in [-0.2, 0) is 43.0 Å². The Labute approximate surface area is 232 Å². The number of ketones is 6. The van der Waals surface area contributed by atoms with Crippen molar-refractivity contribution < 1.29 is 83.8 Å². The van der Waals surface area contributed by atoms with Crippen molar-refractivity contribution in [2.75, 3.05) is 13.2 Å². The lowest BCUT2D eigenvalue weighted by atomic mass is 9.52. The Kier molecular flexibility index (Phi) is 9.07. The van der Waals surface area contributed by atoms with Gasteiger partial charge in [-0.25, -0.2) is 0 Å². The largest absolute Gasteiger partial charge is 0.394 e. The topological polar surface area (TPSA) is 292 Å². The van der Waals surface area contributed by atoms with Crippen molar-refractivity contribution in [3.63, 3.8) is 0 Å². The van der Waals surface area contributed by atoms with Gasteiger partial charge in [-0.15, -0.1) is 0 Å². The summed E-state index contributed by atoms with van der Waals surface area (Å²) in [6.45, 7) is 0.159. The summed E-state index contributed by atoms with van der Waals surface area (Å²) in [5.41, 5.74) is -16.8. The molecule has 0 aromatic rings. The summed E-state index contributed by atoms with van der Waals surface area (Å²) in [6, 6.07) is 0. The third-order valence-electron chi connectivity index (χ3n) is 7.87. The van der Waals surface area contributed by atoms with E-state index in [1.54, 1.807) is 0 Å². The van der Waals surface area contributed by atoms with Crippen LogP contribution < -0.4 is 0 Å². The van der Waals surface area contributed by atoms with Gasteiger partial charge in [0.05, 0.1) is 6.61 Å². The molecule has 2 aliphatic heterocycles. The second-order valence-electron chi connectivity index (χ2n) is 10.2. The second-order valence-corrected chi connectivity index (χ2v) is 10.2. The van der Waals surface area contributed by atoms with E-state index in [1.165, 1.54) is 0 Å². The van der Waals surface area contributed by atoms with Crippen molar-refractivity contribution in [2.45, 2.75) is 99.9 Å². The molecule has 2 saturated heterocycles. The average Bonchev–Trinajstić information content (AvgIpc) is 3.12. The predicted molar refractivity (Wildman–Crippen MR) is 126 cm³/mol. The van der Waals surface area contributed by atoms with Crippen LogP contribution in [0.2, 0.25) is 0 Å².